The van der Waals surface area contributed by atoms with Gasteiger partial charge in [0.25, 0.3) is 6.17 Å². The zero-order valence-electron chi connectivity index (χ0n) is 7.68. The molecule has 0 radical (unpaired) electrons. The van der Waals surface area contributed by atoms with Gasteiger partial charge in [-0.1, -0.05) is 20.8 Å². The topological polar surface area (TPSA) is 43.4 Å². The third-order valence-corrected chi connectivity index (χ3v) is 1.38. The Morgan fingerprint density at radius 3 is 2.00 bits per heavy atom. The number of ketones is 1. The van der Waals surface area contributed by atoms with E-state index < -0.39 is 23.3 Å². The highest BCUT2D eigenvalue weighted by Crippen LogP contribution is 2.18. The number of hydrogen-bond donors (Lipinski definition) is 0. The molecule has 0 saturated heterocycles. The molecule has 0 rings (SSSR count). The van der Waals surface area contributed by atoms with Crippen molar-refractivity contribution in [3.05, 3.63) is 0 Å². The van der Waals surface area contributed by atoms with Crippen molar-refractivity contribution >= 4 is 11.8 Å². The van der Waals surface area contributed by atoms with Gasteiger partial charge in [0.15, 0.2) is 5.78 Å². The fraction of sp³-hybridized carbons (Fsp3) is 0.750. The van der Waals surface area contributed by atoms with Crippen molar-refractivity contribution in [2.24, 2.45) is 5.41 Å². The van der Waals surface area contributed by atoms with E-state index in [-0.39, 0.29) is 0 Å². The summed E-state index contributed by atoms with van der Waals surface area (Å²) in [6, 6.07) is 0. The Morgan fingerprint density at radius 2 is 1.75 bits per heavy atom. The summed E-state index contributed by atoms with van der Waals surface area (Å²) in [5.41, 5.74) is -0.854. The van der Waals surface area contributed by atoms with Crippen LogP contribution in [-0.4, -0.2) is 25.0 Å². The van der Waals surface area contributed by atoms with Crippen LogP contribution >= 0.6 is 0 Å². The minimum absolute atomic E-state index is 0.755. The summed E-state index contributed by atoms with van der Waals surface area (Å²) >= 11 is 0. The zero-order chi connectivity index (χ0) is 9.94. The average Bonchev–Trinajstić information content (AvgIpc) is 1.98. The first-order valence-corrected chi connectivity index (χ1v) is 3.57. The lowest BCUT2D eigenvalue weighted by atomic mass is 9.88. The molecular formula is C8H13FO3. The monoisotopic (exact) mass is 176 g/mol. The second kappa shape index (κ2) is 3.65. The second-order valence-electron chi connectivity index (χ2n) is 3.50. The molecule has 0 aliphatic heterocycles. The fourth-order valence-corrected chi connectivity index (χ4v) is 0.591. The first-order valence-electron chi connectivity index (χ1n) is 3.57. The highest BCUT2D eigenvalue weighted by molar-refractivity contribution is 6.04. The average molecular weight is 176 g/mol. The van der Waals surface area contributed by atoms with E-state index >= 15 is 0 Å². The van der Waals surface area contributed by atoms with E-state index in [1.165, 1.54) is 0 Å². The van der Waals surface area contributed by atoms with Gasteiger partial charge in [-0.3, -0.25) is 4.79 Å². The Morgan fingerprint density at radius 1 is 1.33 bits per heavy atom. The first kappa shape index (κ1) is 11.1. The molecule has 0 aromatic rings. The molecule has 0 amide bonds. The summed E-state index contributed by atoms with van der Waals surface area (Å²) in [6.07, 6.45) is -2.16. The number of rotatable bonds is 2. The molecule has 0 spiro atoms. The van der Waals surface area contributed by atoms with Crippen molar-refractivity contribution in [3.63, 3.8) is 0 Å². The maximum atomic E-state index is 12.9. The number of esters is 1. The summed E-state index contributed by atoms with van der Waals surface area (Å²) in [4.78, 5) is 21.7. The number of ether oxygens (including phenoxy) is 1. The van der Waals surface area contributed by atoms with E-state index in [4.69, 9.17) is 0 Å². The minimum Gasteiger partial charge on any atom is -0.467 e. The third-order valence-electron chi connectivity index (χ3n) is 1.38. The molecular weight excluding hydrogens is 163 g/mol. The molecule has 70 valence electrons. The number of carbonyl (C=O) groups excluding carboxylic acids is 2. The van der Waals surface area contributed by atoms with Gasteiger partial charge >= 0.3 is 5.97 Å². The Kier molecular flexibility index (Phi) is 3.36. The van der Waals surface area contributed by atoms with Crippen LogP contribution in [0.2, 0.25) is 0 Å². The number of methoxy groups -OCH3 is 1. The van der Waals surface area contributed by atoms with E-state index in [9.17, 15) is 14.0 Å². The molecule has 12 heavy (non-hydrogen) atoms. The Bertz CT molecular complexity index is 193. The van der Waals surface area contributed by atoms with Crippen molar-refractivity contribution in [2.75, 3.05) is 7.11 Å². The summed E-state index contributed by atoms with van der Waals surface area (Å²) in [6.45, 7) is 4.64. The highest BCUT2D eigenvalue weighted by atomic mass is 19.1. The van der Waals surface area contributed by atoms with Crippen molar-refractivity contribution in [1.82, 2.24) is 0 Å². The Labute approximate surface area is 70.9 Å². The van der Waals surface area contributed by atoms with Crippen LogP contribution in [-0.2, 0) is 14.3 Å². The summed E-state index contributed by atoms with van der Waals surface area (Å²) in [7, 11) is 1.05. The number of alkyl halides is 1. The van der Waals surface area contributed by atoms with Gasteiger partial charge in [0, 0.05) is 5.41 Å². The van der Waals surface area contributed by atoms with Gasteiger partial charge in [0.2, 0.25) is 0 Å². The van der Waals surface area contributed by atoms with Crippen LogP contribution in [0.4, 0.5) is 4.39 Å². The van der Waals surface area contributed by atoms with E-state index in [2.05, 4.69) is 4.74 Å². The quantitative estimate of drug-likeness (QED) is 0.467. The Hall–Kier alpha value is -0.930. The van der Waals surface area contributed by atoms with Gasteiger partial charge in [-0.15, -0.1) is 0 Å². The fourth-order valence-electron chi connectivity index (χ4n) is 0.591. The van der Waals surface area contributed by atoms with Gasteiger partial charge in [0.1, 0.15) is 0 Å². The molecule has 0 aromatic carbocycles. The number of carbonyl (C=O) groups is 2. The summed E-state index contributed by atoms with van der Waals surface area (Å²) in [5, 5.41) is 0. The predicted molar refractivity (Wildman–Crippen MR) is 41.4 cm³/mol. The first-order chi connectivity index (χ1) is 5.30. The zero-order valence-corrected chi connectivity index (χ0v) is 7.68. The van der Waals surface area contributed by atoms with Crippen LogP contribution in [0.25, 0.3) is 0 Å². The van der Waals surface area contributed by atoms with Crippen LogP contribution in [0.1, 0.15) is 20.8 Å². The van der Waals surface area contributed by atoms with Crippen LogP contribution in [0.3, 0.4) is 0 Å². The molecule has 0 aliphatic carbocycles. The smallest absolute Gasteiger partial charge is 0.348 e. The molecule has 1 atom stereocenters. The van der Waals surface area contributed by atoms with Gasteiger partial charge in [-0.05, 0) is 0 Å². The van der Waals surface area contributed by atoms with Crippen molar-refractivity contribution in [1.29, 1.82) is 0 Å². The van der Waals surface area contributed by atoms with Gasteiger partial charge in [-0.2, -0.15) is 0 Å². The third kappa shape index (κ3) is 2.60. The lowest BCUT2D eigenvalue weighted by Crippen LogP contribution is -2.35. The minimum atomic E-state index is -2.16. The molecule has 0 heterocycles. The van der Waals surface area contributed by atoms with Crippen LogP contribution < -0.4 is 0 Å². The molecule has 0 bridgehead atoms. The summed E-state index contributed by atoms with van der Waals surface area (Å²) < 4.78 is 17.0. The van der Waals surface area contributed by atoms with E-state index in [1.807, 2.05) is 0 Å². The molecule has 3 nitrogen and oxygen atoms in total. The molecule has 0 saturated carbocycles. The predicted octanol–water partition coefficient (Wildman–Crippen LogP) is 1.11. The number of halogens is 1. The van der Waals surface area contributed by atoms with E-state index in [1.54, 1.807) is 20.8 Å². The highest BCUT2D eigenvalue weighted by Gasteiger charge is 2.35. The van der Waals surface area contributed by atoms with Gasteiger partial charge in [-0.25, -0.2) is 9.18 Å². The molecule has 0 aliphatic rings. The summed E-state index contributed by atoms with van der Waals surface area (Å²) in [5.74, 6) is -1.88. The number of Topliss-reactive ketones (excluding diaryl/α,β-unsaturated/α-hetero) is 1. The SMILES string of the molecule is COC(=O)[C@@H](F)C(=O)C(C)(C)C. The second-order valence-corrected chi connectivity index (χ2v) is 3.50. The molecule has 0 N–H and O–H groups in total. The molecule has 0 aromatic heterocycles. The van der Waals surface area contributed by atoms with Crippen molar-refractivity contribution in [2.45, 2.75) is 26.9 Å². The standard InChI is InChI=1S/C8H13FO3/c1-8(2,3)6(10)5(9)7(11)12-4/h5H,1-4H3/t5-/m0/s1. The molecule has 0 unspecified atom stereocenters. The van der Waals surface area contributed by atoms with Crippen molar-refractivity contribution in [3.8, 4) is 0 Å². The number of hydrogen-bond acceptors (Lipinski definition) is 3. The largest absolute Gasteiger partial charge is 0.467 e. The normalized spacial score (nSPS) is 13.8. The Balaban J connectivity index is 4.41. The van der Waals surface area contributed by atoms with Gasteiger partial charge < -0.3 is 4.74 Å². The van der Waals surface area contributed by atoms with Crippen molar-refractivity contribution < 1.29 is 18.7 Å². The lowest BCUT2D eigenvalue weighted by molar-refractivity contribution is -0.153. The van der Waals surface area contributed by atoms with Gasteiger partial charge in [0.05, 0.1) is 7.11 Å². The maximum Gasteiger partial charge on any atom is 0.348 e. The van der Waals surface area contributed by atoms with E-state index in [0.29, 0.717) is 0 Å². The molecule has 0 fully saturated rings. The van der Waals surface area contributed by atoms with Crippen LogP contribution in [0, 0.1) is 5.41 Å². The lowest BCUT2D eigenvalue weighted by Gasteiger charge is -2.17. The maximum absolute atomic E-state index is 12.9. The van der Waals surface area contributed by atoms with Crippen LogP contribution in [0.5, 0.6) is 0 Å². The molecule has 4 heteroatoms. The van der Waals surface area contributed by atoms with Crippen LogP contribution in [0.15, 0.2) is 0 Å². The van der Waals surface area contributed by atoms with E-state index in [0.717, 1.165) is 7.11 Å².